The van der Waals surface area contributed by atoms with Crippen LogP contribution in [0.3, 0.4) is 0 Å². The highest BCUT2D eigenvalue weighted by Crippen LogP contribution is 2.27. The van der Waals surface area contributed by atoms with Crippen LogP contribution in [0.5, 0.6) is 5.75 Å². The summed E-state index contributed by atoms with van der Waals surface area (Å²) < 4.78 is 10.8. The summed E-state index contributed by atoms with van der Waals surface area (Å²) in [5.74, 6) is 0.542. The lowest BCUT2D eigenvalue weighted by Gasteiger charge is -2.13. The molecule has 4 heteroatoms. The molecule has 1 atom stereocenters. The summed E-state index contributed by atoms with van der Waals surface area (Å²) in [6.07, 6.45) is 0.896. The lowest BCUT2D eigenvalue weighted by molar-refractivity contribution is 0.141. The quantitative estimate of drug-likeness (QED) is 0.773. The van der Waals surface area contributed by atoms with Crippen LogP contribution in [0, 0.1) is 11.3 Å². The maximum Gasteiger partial charge on any atom is 0.139 e. The molecule has 0 radical (unpaired) electrons. The topological polar surface area (TPSA) is 42.2 Å². The SMILES string of the molecule is N#Cc1c(Cl)cccc1OC1CCOC1. The molecule has 0 spiro atoms. The van der Waals surface area contributed by atoms with E-state index in [1.807, 2.05) is 6.07 Å². The normalized spacial score (nSPS) is 19.9. The van der Waals surface area contributed by atoms with Crippen molar-refractivity contribution in [3.63, 3.8) is 0 Å². The molecule has 78 valence electrons. The predicted molar refractivity (Wildman–Crippen MR) is 56.0 cm³/mol. The first kappa shape index (κ1) is 10.3. The van der Waals surface area contributed by atoms with Gasteiger partial charge in [-0.1, -0.05) is 17.7 Å². The fraction of sp³-hybridized carbons (Fsp3) is 0.364. The second-order valence-corrected chi connectivity index (χ2v) is 3.74. The number of ether oxygens (including phenoxy) is 2. The van der Waals surface area contributed by atoms with E-state index in [9.17, 15) is 0 Å². The van der Waals surface area contributed by atoms with Gasteiger partial charge < -0.3 is 9.47 Å². The molecule has 0 amide bonds. The number of rotatable bonds is 2. The van der Waals surface area contributed by atoms with Crippen molar-refractivity contribution in [1.29, 1.82) is 5.26 Å². The highest BCUT2D eigenvalue weighted by Gasteiger charge is 2.19. The third kappa shape index (κ3) is 2.23. The highest BCUT2D eigenvalue weighted by molar-refractivity contribution is 6.31. The summed E-state index contributed by atoms with van der Waals surface area (Å²) >= 11 is 5.88. The van der Waals surface area contributed by atoms with Crippen LogP contribution < -0.4 is 4.74 Å². The smallest absolute Gasteiger partial charge is 0.139 e. The Kier molecular flexibility index (Phi) is 3.10. The molecule has 3 nitrogen and oxygen atoms in total. The molecule has 1 aliphatic rings. The van der Waals surface area contributed by atoms with E-state index in [1.54, 1.807) is 18.2 Å². The minimum absolute atomic E-state index is 0.0376. The minimum Gasteiger partial charge on any atom is -0.486 e. The van der Waals surface area contributed by atoms with Gasteiger partial charge in [0.25, 0.3) is 0 Å². The molecule has 0 saturated carbocycles. The van der Waals surface area contributed by atoms with Crippen LogP contribution in [0.25, 0.3) is 0 Å². The second kappa shape index (κ2) is 4.52. The van der Waals surface area contributed by atoms with Crippen LogP contribution >= 0.6 is 11.6 Å². The van der Waals surface area contributed by atoms with Gasteiger partial charge in [0.2, 0.25) is 0 Å². The zero-order chi connectivity index (χ0) is 10.7. The summed E-state index contributed by atoms with van der Waals surface area (Å²) in [4.78, 5) is 0. The molecular weight excluding hydrogens is 214 g/mol. The van der Waals surface area contributed by atoms with Crippen molar-refractivity contribution in [3.05, 3.63) is 28.8 Å². The van der Waals surface area contributed by atoms with Gasteiger partial charge in [-0.3, -0.25) is 0 Å². The lowest BCUT2D eigenvalue weighted by atomic mass is 10.2. The fourth-order valence-electron chi connectivity index (χ4n) is 1.50. The molecule has 0 N–H and O–H groups in total. The summed E-state index contributed by atoms with van der Waals surface area (Å²) in [7, 11) is 0. The van der Waals surface area contributed by atoms with Crippen molar-refractivity contribution in [1.82, 2.24) is 0 Å². The zero-order valence-corrected chi connectivity index (χ0v) is 8.83. The molecule has 1 unspecified atom stereocenters. The molecule has 2 rings (SSSR count). The van der Waals surface area contributed by atoms with Gasteiger partial charge >= 0.3 is 0 Å². The van der Waals surface area contributed by atoms with Crippen LogP contribution in [-0.2, 0) is 4.74 Å². The van der Waals surface area contributed by atoms with E-state index < -0.39 is 0 Å². The molecule has 15 heavy (non-hydrogen) atoms. The summed E-state index contributed by atoms with van der Waals surface area (Å²) in [5, 5.41) is 9.35. The zero-order valence-electron chi connectivity index (χ0n) is 8.07. The van der Waals surface area contributed by atoms with Crippen molar-refractivity contribution < 1.29 is 9.47 Å². The van der Waals surface area contributed by atoms with Crippen LogP contribution in [0.2, 0.25) is 5.02 Å². The highest BCUT2D eigenvalue weighted by atomic mass is 35.5. The Morgan fingerprint density at radius 2 is 2.40 bits per heavy atom. The summed E-state index contributed by atoms with van der Waals surface area (Å²) in [6, 6.07) is 7.24. The van der Waals surface area contributed by atoms with E-state index in [-0.39, 0.29) is 6.10 Å². The van der Waals surface area contributed by atoms with Crippen LogP contribution in [0.15, 0.2) is 18.2 Å². The van der Waals surface area contributed by atoms with Crippen molar-refractivity contribution in [3.8, 4) is 11.8 Å². The van der Waals surface area contributed by atoms with E-state index >= 15 is 0 Å². The first-order valence-corrected chi connectivity index (χ1v) is 5.12. The van der Waals surface area contributed by atoms with E-state index in [0.717, 1.165) is 6.42 Å². The predicted octanol–water partition coefficient (Wildman–Crippen LogP) is 2.38. The van der Waals surface area contributed by atoms with Gasteiger partial charge in [-0.25, -0.2) is 0 Å². The second-order valence-electron chi connectivity index (χ2n) is 3.33. The molecule has 0 aliphatic carbocycles. The van der Waals surface area contributed by atoms with Gasteiger partial charge in [-0.2, -0.15) is 5.26 Å². The maximum atomic E-state index is 8.93. The monoisotopic (exact) mass is 223 g/mol. The Hall–Kier alpha value is -1.24. The van der Waals surface area contributed by atoms with Gasteiger partial charge in [-0.15, -0.1) is 0 Å². The molecule has 1 saturated heterocycles. The number of hydrogen-bond acceptors (Lipinski definition) is 3. The Morgan fingerprint density at radius 3 is 3.07 bits per heavy atom. The van der Waals surface area contributed by atoms with E-state index in [0.29, 0.717) is 29.5 Å². The Morgan fingerprint density at radius 1 is 1.53 bits per heavy atom. The number of benzene rings is 1. The fourth-order valence-corrected chi connectivity index (χ4v) is 1.70. The van der Waals surface area contributed by atoms with Crippen LogP contribution in [0.1, 0.15) is 12.0 Å². The Bertz CT molecular complexity index is 394. The molecular formula is C11H10ClNO2. The molecule has 0 bridgehead atoms. The molecule has 1 aromatic carbocycles. The Labute approximate surface area is 93.2 Å². The first-order valence-electron chi connectivity index (χ1n) is 4.74. The third-order valence-electron chi connectivity index (χ3n) is 2.27. The molecule has 0 aromatic heterocycles. The van der Waals surface area contributed by atoms with Gasteiger partial charge in [0, 0.05) is 6.42 Å². The summed E-state index contributed by atoms with van der Waals surface area (Å²) in [5.41, 5.74) is 0.395. The van der Waals surface area contributed by atoms with Crippen LogP contribution in [-0.4, -0.2) is 19.3 Å². The average Bonchev–Trinajstić information content (AvgIpc) is 2.71. The number of halogens is 1. The first-order chi connectivity index (χ1) is 7.31. The van der Waals surface area contributed by atoms with E-state index in [2.05, 4.69) is 0 Å². The third-order valence-corrected chi connectivity index (χ3v) is 2.58. The van der Waals surface area contributed by atoms with Crippen LogP contribution in [0.4, 0.5) is 0 Å². The number of nitriles is 1. The number of hydrogen-bond donors (Lipinski definition) is 0. The standard InChI is InChI=1S/C11H10ClNO2/c12-10-2-1-3-11(9(10)6-13)15-8-4-5-14-7-8/h1-3,8H,4-5,7H2. The average molecular weight is 224 g/mol. The van der Waals surface area contributed by atoms with E-state index in [1.165, 1.54) is 0 Å². The van der Waals surface area contributed by atoms with Crippen molar-refractivity contribution in [2.45, 2.75) is 12.5 Å². The Balaban J connectivity index is 2.20. The van der Waals surface area contributed by atoms with Gasteiger partial charge in [0.15, 0.2) is 0 Å². The van der Waals surface area contributed by atoms with Gasteiger partial charge in [0.1, 0.15) is 23.5 Å². The maximum absolute atomic E-state index is 8.93. The molecule has 1 aromatic rings. The molecule has 1 aliphatic heterocycles. The summed E-state index contributed by atoms with van der Waals surface area (Å²) in [6.45, 7) is 1.30. The van der Waals surface area contributed by atoms with Crippen molar-refractivity contribution in [2.75, 3.05) is 13.2 Å². The number of nitrogens with zero attached hydrogens (tertiary/aromatic N) is 1. The molecule has 1 fully saturated rings. The van der Waals surface area contributed by atoms with Crippen molar-refractivity contribution >= 4 is 11.6 Å². The minimum atomic E-state index is 0.0376. The lowest BCUT2D eigenvalue weighted by Crippen LogP contribution is -2.16. The van der Waals surface area contributed by atoms with Gasteiger partial charge in [-0.05, 0) is 12.1 Å². The molecule has 1 heterocycles. The van der Waals surface area contributed by atoms with E-state index in [4.69, 9.17) is 26.3 Å². The largest absolute Gasteiger partial charge is 0.486 e. The van der Waals surface area contributed by atoms with Gasteiger partial charge in [0.05, 0.1) is 18.2 Å². The van der Waals surface area contributed by atoms with Crippen molar-refractivity contribution in [2.24, 2.45) is 0 Å².